The van der Waals surface area contributed by atoms with E-state index < -0.39 is 5.63 Å². The molecule has 1 amide bonds. The second-order valence-corrected chi connectivity index (χ2v) is 7.65. The summed E-state index contributed by atoms with van der Waals surface area (Å²) in [7, 11) is 1.63. The maximum Gasteiger partial charge on any atom is 0.339 e. The number of carbonyl (C=O) groups excluding carboxylic acids is 1. The number of hydrogen-bond acceptors (Lipinski definition) is 6. The number of hydrogen-bond donors (Lipinski definition) is 0. The van der Waals surface area contributed by atoms with Crippen molar-refractivity contribution in [2.45, 2.75) is 13.0 Å². The molecule has 0 saturated carbocycles. The minimum absolute atomic E-state index is 0.150. The van der Waals surface area contributed by atoms with E-state index in [9.17, 15) is 14.4 Å². The molecule has 1 aliphatic rings. The Bertz CT molecular complexity index is 1140. The lowest BCUT2D eigenvalue weighted by Gasteiger charge is -2.39. The molecule has 0 aromatic carbocycles. The second kappa shape index (κ2) is 7.12. The number of aromatic nitrogens is 1. The number of carbonyl (C=O) groups is 1. The Balaban J connectivity index is 1.51. The molecule has 8 heteroatoms. The van der Waals surface area contributed by atoms with Gasteiger partial charge in [0.1, 0.15) is 17.6 Å². The highest BCUT2D eigenvalue weighted by Crippen LogP contribution is 2.29. The highest BCUT2D eigenvalue weighted by Gasteiger charge is 2.34. The molecule has 144 valence electrons. The molecule has 0 N–H and O–H groups in total. The van der Waals surface area contributed by atoms with E-state index in [-0.39, 0.29) is 17.6 Å². The highest BCUT2D eigenvalue weighted by molar-refractivity contribution is 7.13. The second-order valence-electron chi connectivity index (χ2n) is 6.70. The minimum Gasteiger partial charge on any atom is -0.486 e. The molecule has 3 aromatic rings. The number of pyridine rings is 1. The van der Waals surface area contributed by atoms with Crippen LogP contribution in [0.2, 0.25) is 0 Å². The molecule has 1 fully saturated rings. The van der Waals surface area contributed by atoms with Gasteiger partial charge in [0.25, 0.3) is 11.5 Å². The molecule has 4 rings (SSSR count). The third kappa shape index (κ3) is 3.50. The maximum atomic E-state index is 13.0. The summed E-state index contributed by atoms with van der Waals surface area (Å²) >= 11 is 1.48. The first-order valence-electron chi connectivity index (χ1n) is 8.73. The average Bonchev–Trinajstić information content (AvgIpc) is 3.13. The lowest BCUT2D eigenvalue weighted by atomic mass is 10.0. The Morgan fingerprint density at radius 1 is 1.25 bits per heavy atom. The van der Waals surface area contributed by atoms with Gasteiger partial charge in [-0.05, 0) is 18.4 Å². The summed E-state index contributed by atoms with van der Waals surface area (Å²) in [4.78, 5) is 39.0. The van der Waals surface area contributed by atoms with Crippen LogP contribution in [0, 0.1) is 6.92 Å². The zero-order valence-corrected chi connectivity index (χ0v) is 16.2. The summed E-state index contributed by atoms with van der Waals surface area (Å²) in [6.07, 6.45) is 1.39. The van der Waals surface area contributed by atoms with Crippen LogP contribution in [0.4, 0.5) is 0 Å². The first-order valence-corrected chi connectivity index (χ1v) is 9.61. The number of thiophene rings is 1. The lowest BCUT2D eigenvalue weighted by molar-refractivity contribution is 0.0175. The average molecular weight is 398 g/mol. The molecule has 0 radical (unpaired) electrons. The molecule has 3 aromatic heterocycles. The van der Waals surface area contributed by atoms with Gasteiger partial charge in [-0.25, -0.2) is 4.79 Å². The summed E-state index contributed by atoms with van der Waals surface area (Å²) in [5, 5.41) is 1.91. The number of ether oxygens (including phenoxy) is 1. The highest BCUT2D eigenvalue weighted by atomic mass is 32.1. The topological polar surface area (TPSA) is 81.8 Å². The Hall–Kier alpha value is -3.13. The van der Waals surface area contributed by atoms with Crippen molar-refractivity contribution in [3.8, 4) is 16.2 Å². The predicted molar refractivity (Wildman–Crippen MR) is 105 cm³/mol. The normalized spacial score (nSPS) is 14.0. The van der Waals surface area contributed by atoms with Gasteiger partial charge in [0.2, 0.25) is 0 Å². The van der Waals surface area contributed by atoms with Gasteiger partial charge in [-0.3, -0.25) is 9.59 Å². The Kier molecular flexibility index (Phi) is 4.64. The van der Waals surface area contributed by atoms with Gasteiger partial charge in [-0.2, -0.15) is 0 Å². The Labute approximate surface area is 164 Å². The van der Waals surface area contributed by atoms with Gasteiger partial charge in [0.15, 0.2) is 0 Å². The molecule has 28 heavy (non-hydrogen) atoms. The third-order valence-corrected chi connectivity index (χ3v) is 5.45. The standard InChI is InChI=1S/C20H18N2O5S/c1-12-6-13(7-19(24)26-12)27-14-9-22(10-14)20(25)16-11-21(2)18(23)8-15(16)17-4-3-5-28-17/h3-8,11,14H,9-10H2,1-2H3. The fourth-order valence-corrected chi connectivity index (χ4v) is 3.88. The van der Waals surface area contributed by atoms with Crippen molar-refractivity contribution in [2.24, 2.45) is 7.05 Å². The maximum absolute atomic E-state index is 13.0. The van der Waals surface area contributed by atoms with E-state index in [1.807, 2.05) is 17.5 Å². The predicted octanol–water partition coefficient (Wildman–Crippen LogP) is 2.28. The number of likely N-dealkylation sites (tertiary alicyclic amines) is 1. The Morgan fingerprint density at radius 2 is 2.04 bits per heavy atom. The van der Waals surface area contributed by atoms with Crippen LogP contribution in [-0.4, -0.2) is 34.6 Å². The van der Waals surface area contributed by atoms with E-state index in [1.165, 1.54) is 28.0 Å². The van der Waals surface area contributed by atoms with Crippen molar-refractivity contribution >= 4 is 17.2 Å². The van der Waals surface area contributed by atoms with Crippen molar-refractivity contribution in [3.63, 3.8) is 0 Å². The molecule has 1 saturated heterocycles. The molecular formula is C20H18N2O5S. The van der Waals surface area contributed by atoms with E-state index >= 15 is 0 Å². The minimum atomic E-state index is -0.465. The van der Waals surface area contributed by atoms with Crippen molar-refractivity contribution in [1.82, 2.24) is 9.47 Å². The van der Waals surface area contributed by atoms with Crippen LogP contribution >= 0.6 is 11.3 Å². The van der Waals surface area contributed by atoms with Gasteiger partial charge in [-0.1, -0.05) is 6.07 Å². The summed E-state index contributed by atoms with van der Waals surface area (Å²) < 4.78 is 12.1. The van der Waals surface area contributed by atoms with Crippen molar-refractivity contribution in [2.75, 3.05) is 13.1 Å². The summed E-state index contributed by atoms with van der Waals surface area (Å²) in [5.41, 5.74) is 0.499. The van der Waals surface area contributed by atoms with Crippen molar-refractivity contribution < 1.29 is 13.9 Å². The van der Waals surface area contributed by atoms with Crippen LogP contribution in [0.5, 0.6) is 5.75 Å². The van der Waals surface area contributed by atoms with Crippen LogP contribution in [-0.2, 0) is 7.05 Å². The molecule has 7 nitrogen and oxygen atoms in total. The van der Waals surface area contributed by atoms with E-state index in [0.29, 0.717) is 35.7 Å². The fraction of sp³-hybridized carbons (Fsp3) is 0.250. The van der Waals surface area contributed by atoms with E-state index in [1.54, 1.807) is 31.1 Å². The van der Waals surface area contributed by atoms with E-state index in [4.69, 9.17) is 9.15 Å². The number of rotatable bonds is 4. The molecule has 0 atom stereocenters. The largest absolute Gasteiger partial charge is 0.486 e. The van der Waals surface area contributed by atoms with Crippen LogP contribution in [0.25, 0.3) is 10.4 Å². The SMILES string of the molecule is Cc1cc(OC2CN(C(=O)c3cn(C)c(=O)cc3-c3cccs3)C2)cc(=O)o1. The Morgan fingerprint density at radius 3 is 2.71 bits per heavy atom. The van der Waals surface area contributed by atoms with Gasteiger partial charge in [-0.15, -0.1) is 11.3 Å². The van der Waals surface area contributed by atoms with Gasteiger partial charge >= 0.3 is 5.63 Å². The van der Waals surface area contributed by atoms with Gasteiger partial charge in [0.05, 0.1) is 24.7 Å². The lowest BCUT2D eigenvalue weighted by Crippen LogP contribution is -2.56. The number of nitrogens with zero attached hydrogens (tertiary/aromatic N) is 2. The molecular weight excluding hydrogens is 380 g/mol. The van der Waals surface area contributed by atoms with Crippen LogP contribution in [0.1, 0.15) is 16.1 Å². The summed E-state index contributed by atoms with van der Waals surface area (Å²) in [5.74, 6) is 0.760. The zero-order chi connectivity index (χ0) is 19.8. The first kappa shape index (κ1) is 18.2. The molecule has 4 heterocycles. The molecule has 0 spiro atoms. The molecule has 1 aliphatic heterocycles. The van der Waals surface area contributed by atoms with E-state index in [0.717, 1.165) is 4.88 Å². The smallest absolute Gasteiger partial charge is 0.339 e. The number of amides is 1. The summed E-state index contributed by atoms with van der Waals surface area (Å²) in [6, 6.07) is 8.21. The van der Waals surface area contributed by atoms with Gasteiger partial charge < -0.3 is 18.6 Å². The zero-order valence-electron chi connectivity index (χ0n) is 15.4. The number of aryl methyl sites for hydroxylation is 2. The quantitative estimate of drug-likeness (QED) is 0.673. The van der Waals surface area contributed by atoms with Crippen LogP contribution in [0.15, 0.2) is 55.9 Å². The molecule has 0 bridgehead atoms. The first-order chi connectivity index (χ1) is 13.4. The monoisotopic (exact) mass is 398 g/mol. The van der Waals surface area contributed by atoms with Gasteiger partial charge in [0, 0.05) is 35.8 Å². The third-order valence-electron chi connectivity index (χ3n) is 4.55. The van der Waals surface area contributed by atoms with E-state index in [2.05, 4.69) is 0 Å². The van der Waals surface area contributed by atoms with Crippen LogP contribution < -0.4 is 15.9 Å². The molecule has 0 unspecified atom stereocenters. The molecule has 0 aliphatic carbocycles. The van der Waals surface area contributed by atoms with Crippen molar-refractivity contribution in [3.05, 3.63) is 74.0 Å². The van der Waals surface area contributed by atoms with Crippen LogP contribution in [0.3, 0.4) is 0 Å². The summed E-state index contributed by atoms with van der Waals surface area (Å²) in [6.45, 7) is 2.49. The van der Waals surface area contributed by atoms with Crippen molar-refractivity contribution in [1.29, 1.82) is 0 Å². The fourth-order valence-electron chi connectivity index (χ4n) is 3.12.